The molecule has 2 N–H and O–H groups in total. The highest BCUT2D eigenvalue weighted by atomic mass is 19.1. The molecule has 0 saturated carbocycles. The molecule has 0 radical (unpaired) electrons. The van der Waals surface area contributed by atoms with Gasteiger partial charge in [0.15, 0.2) is 0 Å². The Morgan fingerprint density at radius 2 is 2.08 bits per heavy atom. The van der Waals surface area contributed by atoms with E-state index in [9.17, 15) is 9.18 Å². The molecule has 3 rings (SSSR count). The molecule has 1 aromatic heterocycles. The number of aryl methyl sites for hydroxylation is 1. The number of likely N-dealkylation sites (tertiary alicyclic amines) is 1. The summed E-state index contributed by atoms with van der Waals surface area (Å²) >= 11 is 0. The van der Waals surface area contributed by atoms with E-state index in [1.54, 1.807) is 24.3 Å². The highest BCUT2D eigenvalue weighted by Crippen LogP contribution is 2.25. The minimum atomic E-state index is -0.311. The van der Waals surface area contributed by atoms with Gasteiger partial charge in [0, 0.05) is 32.0 Å². The Morgan fingerprint density at radius 3 is 2.88 bits per heavy atom. The van der Waals surface area contributed by atoms with Crippen LogP contribution in [0.2, 0.25) is 0 Å². The molecule has 128 valence electrons. The molecular weight excluding hydrogens is 307 g/mol. The van der Waals surface area contributed by atoms with Crippen molar-refractivity contribution in [3.05, 3.63) is 48.0 Å². The van der Waals surface area contributed by atoms with Crippen molar-refractivity contribution < 1.29 is 13.6 Å². The van der Waals surface area contributed by atoms with Crippen LogP contribution >= 0.6 is 0 Å². The molecule has 1 aliphatic heterocycles. The fourth-order valence-corrected chi connectivity index (χ4v) is 3.27. The van der Waals surface area contributed by atoms with Crippen LogP contribution in [0.4, 0.5) is 4.39 Å². The van der Waals surface area contributed by atoms with E-state index in [1.165, 1.54) is 6.07 Å². The zero-order chi connectivity index (χ0) is 16.9. The van der Waals surface area contributed by atoms with Gasteiger partial charge in [-0.3, -0.25) is 4.79 Å². The molecule has 1 aromatic carbocycles. The molecule has 4 nitrogen and oxygen atoms in total. The third kappa shape index (κ3) is 3.67. The Balaban J connectivity index is 1.61. The molecule has 2 aromatic rings. The van der Waals surface area contributed by atoms with Crippen LogP contribution < -0.4 is 5.73 Å². The van der Waals surface area contributed by atoms with Crippen LogP contribution in [-0.4, -0.2) is 29.9 Å². The molecule has 0 bridgehead atoms. The Morgan fingerprint density at radius 1 is 1.25 bits per heavy atom. The summed E-state index contributed by atoms with van der Waals surface area (Å²) in [6, 6.07) is 10.2. The zero-order valence-corrected chi connectivity index (χ0v) is 13.7. The van der Waals surface area contributed by atoms with Crippen LogP contribution in [0.1, 0.15) is 31.4 Å². The Bertz CT molecular complexity index is 698. The van der Waals surface area contributed by atoms with E-state index in [4.69, 9.17) is 10.2 Å². The minimum absolute atomic E-state index is 0.119. The van der Waals surface area contributed by atoms with Gasteiger partial charge in [-0.1, -0.05) is 12.1 Å². The van der Waals surface area contributed by atoms with E-state index in [-0.39, 0.29) is 17.8 Å². The molecule has 1 aliphatic rings. The number of amides is 1. The largest absolute Gasteiger partial charge is 0.461 e. The normalized spacial score (nSPS) is 17.9. The maximum Gasteiger partial charge on any atom is 0.223 e. The van der Waals surface area contributed by atoms with Gasteiger partial charge in [0.25, 0.3) is 0 Å². The fourth-order valence-electron chi connectivity index (χ4n) is 3.27. The molecule has 1 saturated heterocycles. The first-order valence-corrected chi connectivity index (χ1v) is 8.52. The van der Waals surface area contributed by atoms with Gasteiger partial charge in [-0.2, -0.15) is 0 Å². The first-order valence-electron chi connectivity index (χ1n) is 8.52. The van der Waals surface area contributed by atoms with Crippen LogP contribution in [0.3, 0.4) is 0 Å². The van der Waals surface area contributed by atoms with Crippen molar-refractivity contribution in [2.24, 2.45) is 5.73 Å². The number of hydrogen-bond donors (Lipinski definition) is 1. The Hall–Kier alpha value is -2.14. The van der Waals surface area contributed by atoms with Crippen molar-refractivity contribution >= 4 is 5.91 Å². The first kappa shape index (κ1) is 16.7. The molecule has 0 aliphatic carbocycles. The van der Waals surface area contributed by atoms with Crippen molar-refractivity contribution in [3.8, 4) is 11.3 Å². The van der Waals surface area contributed by atoms with Crippen LogP contribution in [0, 0.1) is 5.82 Å². The number of hydrogen-bond acceptors (Lipinski definition) is 3. The highest BCUT2D eigenvalue weighted by Gasteiger charge is 2.25. The summed E-state index contributed by atoms with van der Waals surface area (Å²) in [5, 5.41) is 0. The number of nitrogens with zero attached hydrogens (tertiary/aromatic N) is 1. The SMILES string of the molecule is NCC1CCCCN1C(=O)CCc1ccc(-c2ccccc2F)o1. The van der Waals surface area contributed by atoms with Crippen LogP contribution in [-0.2, 0) is 11.2 Å². The predicted molar refractivity (Wildman–Crippen MR) is 90.8 cm³/mol. The molecule has 5 heteroatoms. The Labute approximate surface area is 141 Å². The van der Waals surface area contributed by atoms with E-state index in [0.717, 1.165) is 25.8 Å². The summed E-state index contributed by atoms with van der Waals surface area (Å²) in [5.41, 5.74) is 6.21. The third-order valence-electron chi connectivity index (χ3n) is 4.61. The summed E-state index contributed by atoms with van der Waals surface area (Å²) in [6.07, 6.45) is 4.07. The standard InChI is InChI=1S/C19H23FN2O2/c20-17-7-2-1-6-16(17)18-10-8-15(24-18)9-11-19(23)22-12-4-3-5-14(22)13-21/h1-2,6-8,10,14H,3-5,9,11-13,21H2. The van der Waals surface area contributed by atoms with E-state index < -0.39 is 0 Å². The first-order chi connectivity index (χ1) is 11.7. The van der Waals surface area contributed by atoms with Crippen molar-refractivity contribution in [3.63, 3.8) is 0 Å². The van der Waals surface area contributed by atoms with Gasteiger partial charge in [0.1, 0.15) is 17.3 Å². The van der Waals surface area contributed by atoms with Gasteiger partial charge >= 0.3 is 0 Å². The third-order valence-corrected chi connectivity index (χ3v) is 4.61. The number of piperidine rings is 1. The van der Waals surface area contributed by atoms with E-state index in [0.29, 0.717) is 36.5 Å². The second-order valence-corrected chi connectivity index (χ2v) is 6.22. The van der Waals surface area contributed by atoms with Crippen LogP contribution in [0.25, 0.3) is 11.3 Å². The molecule has 1 unspecified atom stereocenters. The second-order valence-electron chi connectivity index (χ2n) is 6.22. The second kappa shape index (κ2) is 7.62. The molecular formula is C19H23FN2O2. The number of furan rings is 1. The van der Waals surface area contributed by atoms with Gasteiger partial charge < -0.3 is 15.1 Å². The van der Waals surface area contributed by atoms with E-state index in [1.807, 2.05) is 11.0 Å². The van der Waals surface area contributed by atoms with Gasteiger partial charge in [-0.25, -0.2) is 4.39 Å². The lowest BCUT2D eigenvalue weighted by Crippen LogP contribution is -2.47. The maximum absolute atomic E-state index is 13.8. The fraction of sp³-hybridized carbons (Fsp3) is 0.421. The van der Waals surface area contributed by atoms with Gasteiger partial charge in [-0.15, -0.1) is 0 Å². The van der Waals surface area contributed by atoms with Crippen molar-refractivity contribution in [1.82, 2.24) is 4.90 Å². The van der Waals surface area contributed by atoms with E-state index in [2.05, 4.69) is 0 Å². The van der Waals surface area contributed by atoms with Crippen molar-refractivity contribution in [1.29, 1.82) is 0 Å². The summed E-state index contributed by atoms with van der Waals surface area (Å²) in [5.74, 6) is 0.999. The average Bonchev–Trinajstić information content (AvgIpc) is 3.08. The summed E-state index contributed by atoms with van der Waals surface area (Å²) in [6.45, 7) is 1.31. The number of carbonyl (C=O) groups is 1. The van der Waals surface area contributed by atoms with Crippen molar-refractivity contribution in [2.45, 2.75) is 38.1 Å². The lowest BCUT2D eigenvalue weighted by atomic mass is 10.0. The minimum Gasteiger partial charge on any atom is -0.461 e. The average molecular weight is 330 g/mol. The molecule has 0 spiro atoms. The number of halogens is 1. The molecule has 1 amide bonds. The van der Waals surface area contributed by atoms with Crippen LogP contribution in [0.5, 0.6) is 0 Å². The summed E-state index contributed by atoms with van der Waals surface area (Å²) in [4.78, 5) is 14.3. The number of benzene rings is 1. The van der Waals surface area contributed by atoms with E-state index >= 15 is 0 Å². The molecule has 1 fully saturated rings. The number of carbonyl (C=O) groups excluding carboxylic acids is 1. The molecule has 2 heterocycles. The monoisotopic (exact) mass is 330 g/mol. The molecule has 24 heavy (non-hydrogen) atoms. The van der Waals surface area contributed by atoms with Crippen LogP contribution in [0.15, 0.2) is 40.8 Å². The smallest absolute Gasteiger partial charge is 0.223 e. The maximum atomic E-state index is 13.8. The Kier molecular flexibility index (Phi) is 5.30. The van der Waals surface area contributed by atoms with Gasteiger partial charge in [0.05, 0.1) is 5.56 Å². The van der Waals surface area contributed by atoms with Gasteiger partial charge in [-0.05, 0) is 43.5 Å². The summed E-state index contributed by atoms with van der Waals surface area (Å²) in [7, 11) is 0. The quantitative estimate of drug-likeness (QED) is 0.914. The number of rotatable bonds is 5. The predicted octanol–water partition coefficient (Wildman–Crippen LogP) is 3.36. The van der Waals surface area contributed by atoms with Crippen molar-refractivity contribution in [2.75, 3.05) is 13.1 Å². The lowest BCUT2D eigenvalue weighted by molar-refractivity contribution is -0.134. The zero-order valence-electron chi connectivity index (χ0n) is 13.7. The summed E-state index contributed by atoms with van der Waals surface area (Å²) < 4.78 is 19.5. The topological polar surface area (TPSA) is 59.5 Å². The highest BCUT2D eigenvalue weighted by molar-refractivity contribution is 5.77. The molecule has 1 atom stereocenters. The number of nitrogens with two attached hydrogens (primary N) is 1. The lowest BCUT2D eigenvalue weighted by Gasteiger charge is -2.35. The van der Waals surface area contributed by atoms with Gasteiger partial charge in [0.2, 0.25) is 5.91 Å².